The second-order valence-corrected chi connectivity index (χ2v) is 11.6. The molecule has 1 aliphatic heterocycles. The van der Waals surface area contributed by atoms with Gasteiger partial charge in [-0.05, 0) is 43.9 Å². The highest BCUT2D eigenvalue weighted by molar-refractivity contribution is 8.02. The second-order valence-electron chi connectivity index (χ2n) is 9.85. The van der Waals surface area contributed by atoms with Crippen LogP contribution >= 0.6 is 11.8 Å². The molecule has 1 aromatic heterocycles. The molecule has 2 heterocycles. The van der Waals surface area contributed by atoms with Crippen LogP contribution in [0.3, 0.4) is 0 Å². The predicted octanol–water partition coefficient (Wildman–Crippen LogP) is 2.38. The zero-order valence-electron chi connectivity index (χ0n) is 21.5. The maximum absolute atomic E-state index is 13.5. The summed E-state index contributed by atoms with van der Waals surface area (Å²) in [4.78, 5) is 39.3. The topological polar surface area (TPSA) is 134 Å². The number of aromatic nitrogens is 1. The lowest BCUT2D eigenvalue weighted by molar-refractivity contribution is -0.128. The van der Waals surface area contributed by atoms with Gasteiger partial charge in [0.25, 0.3) is 5.91 Å². The van der Waals surface area contributed by atoms with Crippen molar-refractivity contribution in [3.8, 4) is 0 Å². The van der Waals surface area contributed by atoms with Crippen molar-refractivity contribution in [3.63, 3.8) is 0 Å². The number of amides is 2. The summed E-state index contributed by atoms with van der Waals surface area (Å²) in [6, 6.07) is 16.9. The maximum atomic E-state index is 13.5. The molecule has 3 aromatic rings. The van der Waals surface area contributed by atoms with Gasteiger partial charge in [-0.15, -0.1) is 11.8 Å². The fourth-order valence-electron chi connectivity index (χ4n) is 4.42. The zero-order chi connectivity index (χ0) is 27.3. The average Bonchev–Trinajstić information content (AvgIpc) is 3.55. The maximum Gasteiger partial charge on any atom is 0.273 e. The monoisotopic (exact) mass is 536 g/mol. The third-order valence-electron chi connectivity index (χ3n) is 6.63. The van der Waals surface area contributed by atoms with Crippen LogP contribution in [0.5, 0.6) is 0 Å². The Morgan fingerprint density at radius 2 is 1.82 bits per heavy atom. The molecule has 0 radical (unpaired) electrons. The molecule has 1 unspecified atom stereocenters. The number of aryl methyl sites for hydroxylation is 1. The number of benzene rings is 2. The number of nitrogens with zero attached hydrogens (tertiary/aromatic N) is 1. The van der Waals surface area contributed by atoms with Crippen LogP contribution in [0.2, 0.25) is 0 Å². The van der Waals surface area contributed by atoms with Crippen LogP contribution in [0.4, 0.5) is 0 Å². The lowest BCUT2D eigenvalue weighted by Crippen LogP contribution is -2.54. The molecule has 1 aliphatic rings. The highest BCUT2D eigenvalue weighted by atomic mass is 32.2. The van der Waals surface area contributed by atoms with E-state index in [4.69, 9.17) is 4.52 Å². The van der Waals surface area contributed by atoms with Gasteiger partial charge in [0.15, 0.2) is 11.5 Å². The Morgan fingerprint density at radius 1 is 1.11 bits per heavy atom. The van der Waals surface area contributed by atoms with Crippen LogP contribution < -0.4 is 16.0 Å². The lowest BCUT2D eigenvalue weighted by Gasteiger charge is -2.25. The molecule has 38 heavy (non-hydrogen) atoms. The van der Waals surface area contributed by atoms with Crippen LogP contribution in [0.1, 0.15) is 41.0 Å². The molecule has 2 aromatic carbocycles. The van der Waals surface area contributed by atoms with Gasteiger partial charge in [-0.3, -0.25) is 19.7 Å². The standard InChI is InChI=1S/C28H32N4O5S/c1-17-9-7-8-12-19(17)16-29-26(36)24-28(2,3)38-27(31-24)23(34)22(33)21(15-18-10-5-4-6-11-18)30-25(35)20-13-14-37-32-20/h4-14,21-22,24,27,31,33H,15-16H2,1-3H3,(H,29,36)(H,30,35)/t21-,22-,24+,27?/m0/s1. The third kappa shape index (κ3) is 6.50. The van der Waals surface area contributed by atoms with E-state index < -0.39 is 40.0 Å². The molecule has 4 N–H and O–H groups in total. The van der Waals surface area contributed by atoms with Crippen LogP contribution in [-0.2, 0) is 22.6 Å². The van der Waals surface area contributed by atoms with E-state index in [9.17, 15) is 19.5 Å². The van der Waals surface area contributed by atoms with Crippen LogP contribution in [0.25, 0.3) is 0 Å². The van der Waals surface area contributed by atoms with E-state index in [0.717, 1.165) is 16.7 Å². The molecule has 4 rings (SSSR count). The first-order chi connectivity index (χ1) is 18.2. The minimum atomic E-state index is -1.53. The molecule has 200 valence electrons. The first-order valence-electron chi connectivity index (χ1n) is 12.4. The molecule has 0 aliphatic carbocycles. The highest BCUT2D eigenvalue weighted by Crippen LogP contribution is 2.39. The Balaban J connectivity index is 1.45. The number of carbonyl (C=O) groups is 3. The summed E-state index contributed by atoms with van der Waals surface area (Å²) in [6.45, 7) is 6.13. The predicted molar refractivity (Wildman–Crippen MR) is 144 cm³/mol. The van der Waals surface area contributed by atoms with Crippen LogP contribution in [-0.4, -0.2) is 56.2 Å². The van der Waals surface area contributed by atoms with E-state index in [-0.39, 0.29) is 18.0 Å². The molecule has 4 atom stereocenters. The van der Waals surface area contributed by atoms with Gasteiger partial charge in [-0.2, -0.15) is 0 Å². The first-order valence-corrected chi connectivity index (χ1v) is 13.3. The molecular weight excluding hydrogens is 504 g/mol. The van der Waals surface area contributed by atoms with Crippen molar-refractivity contribution in [3.05, 3.63) is 89.3 Å². The minimum Gasteiger partial charge on any atom is -0.383 e. The van der Waals surface area contributed by atoms with E-state index >= 15 is 0 Å². The van der Waals surface area contributed by atoms with Crippen molar-refractivity contribution in [1.82, 2.24) is 21.1 Å². The number of hydrogen-bond acceptors (Lipinski definition) is 8. The third-order valence-corrected chi connectivity index (χ3v) is 8.08. The summed E-state index contributed by atoms with van der Waals surface area (Å²) in [5, 5.41) is 22.8. The molecule has 1 fully saturated rings. The summed E-state index contributed by atoms with van der Waals surface area (Å²) in [7, 11) is 0. The number of ketones is 1. The first kappa shape index (κ1) is 27.6. The van der Waals surface area contributed by atoms with Gasteiger partial charge in [-0.25, -0.2) is 0 Å². The average molecular weight is 537 g/mol. The van der Waals surface area contributed by atoms with Crippen molar-refractivity contribution < 1.29 is 24.0 Å². The molecule has 0 saturated carbocycles. The number of aliphatic hydroxyl groups excluding tert-OH is 1. The largest absolute Gasteiger partial charge is 0.383 e. The van der Waals surface area contributed by atoms with Gasteiger partial charge in [0, 0.05) is 17.4 Å². The number of hydrogen-bond donors (Lipinski definition) is 4. The van der Waals surface area contributed by atoms with Gasteiger partial charge < -0.3 is 20.3 Å². The van der Waals surface area contributed by atoms with Gasteiger partial charge in [0.1, 0.15) is 23.8 Å². The van der Waals surface area contributed by atoms with Gasteiger partial charge >= 0.3 is 0 Å². The summed E-state index contributed by atoms with van der Waals surface area (Å²) in [5.74, 6) is -1.30. The molecular formula is C28H32N4O5S. The summed E-state index contributed by atoms with van der Waals surface area (Å²) < 4.78 is 4.13. The van der Waals surface area contributed by atoms with E-state index in [0.29, 0.717) is 6.54 Å². The van der Waals surface area contributed by atoms with Crippen molar-refractivity contribution in [1.29, 1.82) is 0 Å². The Bertz CT molecular complexity index is 1270. The Hall–Kier alpha value is -3.47. The minimum absolute atomic E-state index is 0.0441. The smallest absolute Gasteiger partial charge is 0.273 e. The van der Waals surface area contributed by atoms with Crippen molar-refractivity contribution in [2.45, 2.75) is 62.0 Å². The summed E-state index contributed by atoms with van der Waals surface area (Å²) in [6.07, 6.45) is -0.0345. The number of aliphatic hydroxyl groups is 1. The summed E-state index contributed by atoms with van der Waals surface area (Å²) in [5.41, 5.74) is 2.97. The van der Waals surface area contributed by atoms with Crippen molar-refractivity contribution >= 4 is 29.4 Å². The fraction of sp³-hybridized carbons (Fsp3) is 0.357. The number of Topliss-reactive ketones (excluding diaryl/α,β-unsaturated/α-hetero) is 1. The van der Waals surface area contributed by atoms with Crippen molar-refractivity contribution in [2.24, 2.45) is 0 Å². The summed E-state index contributed by atoms with van der Waals surface area (Å²) >= 11 is 1.28. The second kappa shape index (κ2) is 11.9. The number of rotatable bonds is 10. The lowest BCUT2D eigenvalue weighted by atomic mass is 9.97. The van der Waals surface area contributed by atoms with Crippen LogP contribution in [0, 0.1) is 6.92 Å². The molecule has 1 saturated heterocycles. The van der Waals surface area contributed by atoms with Crippen LogP contribution in [0.15, 0.2) is 71.4 Å². The molecule has 0 bridgehead atoms. The Kier molecular flexibility index (Phi) is 8.65. The Labute approximate surface area is 225 Å². The van der Waals surface area contributed by atoms with E-state index in [2.05, 4.69) is 21.1 Å². The molecule has 10 heteroatoms. The highest BCUT2D eigenvalue weighted by Gasteiger charge is 2.49. The van der Waals surface area contributed by atoms with E-state index in [1.54, 1.807) is 0 Å². The van der Waals surface area contributed by atoms with E-state index in [1.165, 1.54) is 24.1 Å². The number of nitrogens with one attached hydrogen (secondary N) is 3. The molecule has 0 spiro atoms. The number of thioether (sulfide) groups is 1. The van der Waals surface area contributed by atoms with Gasteiger partial charge in [0.05, 0.1) is 6.04 Å². The van der Waals surface area contributed by atoms with Gasteiger partial charge in [0.2, 0.25) is 5.91 Å². The number of carbonyl (C=O) groups excluding carboxylic acids is 3. The fourth-order valence-corrected chi connectivity index (χ4v) is 5.80. The van der Waals surface area contributed by atoms with Gasteiger partial charge in [-0.1, -0.05) is 59.8 Å². The van der Waals surface area contributed by atoms with Crippen molar-refractivity contribution in [2.75, 3.05) is 0 Å². The molecule has 2 amide bonds. The Morgan fingerprint density at radius 3 is 2.50 bits per heavy atom. The quantitative estimate of drug-likeness (QED) is 0.310. The normalized spacial score (nSPS) is 19.9. The SMILES string of the molecule is Cc1ccccc1CNC(=O)[C@H]1NC(C(=O)[C@@H](O)[C@H](Cc2ccccc2)NC(=O)c2ccon2)SC1(C)C. The zero-order valence-corrected chi connectivity index (χ0v) is 22.3. The van der Waals surface area contributed by atoms with E-state index in [1.807, 2.05) is 75.4 Å². The molecule has 9 nitrogen and oxygen atoms in total.